The first kappa shape index (κ1) is 36.5. The van der Waals surface area contributed by atoms with Gasteiger partial charge < -0.3 is 14.9 Å². The molecule has 1 fully saturated rings. The summed E-state index contributed by atoms with van der Waals surface area (Å²) in [7, 11) is -8.11. The Labute approximate surface area is 313 Å². The van der Waals surface area contributed by atoms with Gasteiger partial charge in [-0.2, -0.15) is 5.26 Å². The van der Waals surface area contributed by atoms with Gasteiger partial charge >= 0.3 is 0 Å². The van der Waals surface area contributed by atoms with Crippen molar-refractivity contribution in [3.63, 3.8) is 0 Å². The summed E-state index contributed by atoms with van der Waals surface area (Å²) in [6, 6.07) is 30.0. The second kappa shape index (κ2) is 15.2. The number of hydrogen-bond acceptors (Lipinski definition) is 11. The summed E-state index contributed by atoms with van der Waals surface area (Å²) in [4.78, 5) is 26.5. The molecule has 6 aromatic rings. The topological polar surface area (TPSA) is 174 Å². The number of nitrogens with zero attached hydrogens (tertiary/aromatic N) is 5. The third-order valence-corrected chi connectivity index (χ3v) is 12.7. The summed E-state index contributed by atoms with van der Waals surface area (Å²) >= 11 is 0. The molecule has 1 atom stereocenters. The fourth-order valence-electron chi connectivity index (χ4n) is 6.80. The molecule has 4 aromatic carbocycles. The third kappa shape index (κ3) is 7.74. The second-order valence-electron chi connectivity index (χ2n) is 13.1. The number of fused-ring (bicyclic) bond motifs is 2. The Balaban J connectivity index is 1.17. The molecule has 0 bridgehead atoms. The highest BCUT2D eigenvalue weighted by molar-refractivity contribution is 7.91. The Kier molecular flexibility index (Phi) is 10.3. The lowest BCUT2D eigenvalue weighted by atomic mass is 9.99. The van der Waals surface area contributed by atoms with Crippen LogP contribution in [0.3, 0.4) is 0 Å². The van der Waals surface area contributed by atoms with Gasteiger partial charge in [-0.05, 0) is 76.9 Å². The third-order valence-electron chi connectivity index (χ3n) is 9.59. The number of phenols is 1. The first-order valence-corrected chi connectivity index (χ1v) is 20.5. The van der Waals surface area contributed by atoms with E-state index in [0.29, 0.717) is 58.9 Å². The smallest absolute Gasteiger partial charge is 0.240 e. The zero-order valence-corrected chi connectivity index (χ0v) is 30.7. The largest absolute Gasteiger partial charge is 0.508 e. The maximum Gasteiger partial charge on any atom is 0.240 e. The quantitative estimate of drug-likeness (QED) is 0.189. The molecule has 7 rings (SSSR count). The van der Waals surface area contributed by atoms with Crippen LogP contribution in [0, 0.1) is 11.3 Å². The summed E-state index contributed by atoms with van der Waals surface area (Å²) in [5.41, 5.74) is 2.16. The molecule has 12 nitrogen and oxygen atoms in total. The molecular weight excluding hydrogens is 725 g/mol. The predicted octanol–water partition coefficient (Wildman–Crippen LogP) is 4.62. The summed E-state index contributed by atoms with van der Waals surface area (Å²) in [6.07, 6.45) is 2.80. The number of benzene rings is 4. The Hall–Kier alpha value is -5.88. The van der Waals surface area contributed by atoms with Crippen molar-refractivity contribution in [1.29, 1.82) is 5.26 Å². The molecule has 0 saturated carbocycles. The summed E-state index contributed by atoms with van der Waals surface area (Å²) in [5, 5.41) is 24.8. The van der Waals surface area contributed by atoms with E-state index in [-0.39, 0.29) is 33.7 Å². The van der Waals surface area contributed by atoms with Crippen molar-refractivity contribution < 1.29 is 26.7 Å². The summed E-state index contributed by atoms with van der Waals surface area (Å²) in [6.45, 7) is 1.70. The number of carbonyl (C=O) groups excluding carboxylic acids is 1. The first-order chi connectivity index (χ1) is 26.0. The second-order valence-corrected chi connectivity index (χ2v) is 16.9. The number of carbonyl (C=O) groups is 1. The molecule has 14 heteroatoms. The fraction of sp³-hybridized carbons (Fsp3) is 0.200. The van der Waals surface area contributed by atoms with E-state index in [1.807, 2.05) is 12.1 Å². The number of nitriles is 1. The standard InChI is InChI=1S/C40H36N6O6S2/c41-25-28-9-12-33(13-10-28)45-19-21-46(22-20-45)40(48)37(44-27-54(51,52)39-36-8-4-2-6-30(36)16-18-43-39)24-31-11-14-34(47)23-32(31)26-53(49,50)38-35-7-3-1-5-29(35)15-17-42-38/h1-18,23,37,44,47H,19-22,24,26-27H2. The number of pyridine rings is 2. The Bertz CT molecular complexity index is 2610. The number of nitrogens with one attached hydrogen (secondary N) is 1. The highest BCUT2D eigenvalue weighted by atomic mass is 32.2. The van der Waals surface area contributed by atoms with Crippen molar-refractivity contribution in [3.05, 3.63) is 132 Å². The van der Waals surface area contributed by atoms with Crippen LogP contribution in [0.15, 0.2) is 126 Å². The van der Waals surface area contributed by atoms with Gasteiger partial charge in [0, 0.05) is 55.0 Å². The number of aromatic nitrogens is 2. The molecule has 0 spiro atoms. The van der Waals surface area contributed by atoms with Crippen LogP contribution in [0.25, 0.3) is 21.5 Å². The normalized spacial score (nSPS) is 14.2. The lowest BCUT2D eigenvalue weighted by Crippen LogP contribution is -2.55. The van der Waals surface area contributed by atoms with Gasteiger partial charge in [-0.15, -0.1) is 0 Å². The van der Waals surface area contributed by atoms with E-state index in [2.05, 4.69) is 26.3 Å². The van der Waals surface area contributed by atoms with Gasteiger partial charge in [-0.3, -0.25) is 10.1 Å². The number of rotatable bonds is 11. The monoisotopic (exact) mass is 760 g/mol. The van der Waals surface area contributed by atoms with Gasteiger partial charge in [-0.25, -0.2) is 26.8 Å². The van der Waals surface area contributed by atoms with Crippen molar-refractivity contribution in [2.45, 2.75) is 28.3 Å². The van der Waals surface area contributed by atoms with Crippen molar-refractivity contribution in [1.82, 2.24) is 20.2 Å². The molecular formula is C40H36N6O6S2. The van der Waals surface area contributed by atoms with Gasteiger partial charge in [0.25, 0.3) is 0 Å². The van der Waals surface area contributed by atoms with Crippen molar-refractivity contribution in [2.24, 2.45) is 0 Å². The average Bonchev–Trinajstić information content (AvgIpc) is 3.19. The van der Waals surface area contributed by atoms with Gasteiger partial charge in [0.15, 0.2) is 19.9 Å². The molecule has 54 heavy (non-hydrogen) atoms. The van der Waals surface area contributed by atoms with E-state index < -0.39 is 37.3 Å². The highest BCUT2D eigenvalue weighted by Crippen LogP contribution is 2.28. The van der Waals surface area contributed by atoms with Crippen LogP contribution < -0.4 is 10.2 Å². The summed E-state index contributed by atoms with van der Waals surface area (Å²) < 4.78 is 55.4. The number of amides is 1. The van der Waals surface area contributed by atoms with Crippen LogP contribution in [0.2, 0.25) is 0 Å². The van der Waals surface area contributed by atoms with Crippen LogP contribution in [0.4, 0.5) is 5.69 Å². The maximum absolute atomic E-state index is 14.3. The molecule has 2 N–H and O–H groups in total. The van der Waals surface area contributed by atoms with Crippen LogP contribution in [-0.4, -0.2) is 80.8 Å². The van der Waals surface area contributed by atoms with Crippen LogP contribution >= 0.6 is 0 Å². The van der Waals surface area contributed by atoms with E-state index in [1.165, 1.54) is 24.5 Å². The molecule has 1 unspecified atom stereocenters. The average molecular weight is 761 g/mol. The van der Waals surface area contributed by atoms with Crippen molar-refractivity contribution in [3.8, 4) is 11.8 Å². The lowest BCUT2D eigenvalue weighted by Gasteiger charge is -2.38. The van der Waals surface area contributed by atoms with Crippen molar-refractivity contribution in [2.75, 3.05) is 37.0 Å². The Morgan fingerprint density at radius 2 is 1.35 bits per heavy atom. The first-order valence-electron chi connectivity index (χ1n) is 17.2. The van der Waals surface area contributed by atoms with Crippen LogP contribution in [0.5, 0.6) is 5.75 Å². The molecule has 1 amide bonds. The number of anilines is 1. The van der Waals surface area contributed by atoms with Crippen LogP contribution in [0.1, 0.15) is 16.7 Å². The molecule has 2 aromatic heterocycles. The minimum atomic E-state index is -4.06. The zero-order valence-electron chi connectivity index (χ0n) is 29.0. The maximum atomic E-state index is 14.3. The summed E-state index contributed by atoms with van der Waals surface area (Å²) in [5.74, 6) is -1.64. The zero-order chi connectivity index (χ0) is 37.9. The van der Waals surface area contributed by atoms with E-state index in [9.17, 15) is 32.0 Å². The predicted molar refractivity (Wildman–Crippen MR) is 205 cm³/mol. The molecule has 274 valence electrons. The minimum Gasteiger partial charge on any atom is -0.508 e. The molecule has 1 aliphatic rings. The van der Waals surface area contributed by atoms with Gasteiger partial charge in [0.2, 0.25) is 15.7 Å². The SMILES string of the molecule is N#Cc1ccc(N2CCN(C(=O)C(Cc3ccc(O)cc3CS(=O)(=O)c3nccc4ccccc34)NCS(=O)(=O)c3nccc4ccccc34)CC2)cc1. The van der Waals surface area contributed by atoms with Crippen LogP contribution in [-0.2, 0) is 36.6 Å². The lowest BCUT2D eigenvalue weighted by molar-refractivity contribution is -0.133. The molecule has 0 radical (unpaired) electrons. The van der Waals surface area contributed by atoms with Gasteiger partial charge in [0.1, 0.15) is 11.6 Å². The molecule has 1 aliphatic heterocycles. The number of aromatic hydroxyl groups is 1. The molecule has 3 heterocycles. The van der Waals surface area contributed by atoms with E-state index >= 15 is 0 Å². The molecule has 0 aliphatic carbocycles. The Morgan fingerprint density at radius 1 is 0.759 bits per heavy atom. The number of sulfone groups is 2. The number of phenolic OH excluding ortho intramolecular Hbond substituents is 1. The van der Waals surface area contributed by atoms with E-state index in [0.717, 1.165) is 5.69 Å². The highest BCUT2D eigenvalue weighted by Gasteiger charge is 2.31. The number of hydrogen-bond donors (Lipinski definition) is 2. The van der Waals surface area contributed by atoms with E-state index in [4.69, 9.17) is 0 Å². The molecule has 1 saturated heterocycles. The minimum absolute atomic E-state index is 0.0682. The van der Waals surface area contributed by atoms with Gasteiger partial charge in [0.05, 0.1) is 23.4 Å². The van der Waals surface area contributed by atoms with Gasteiger partial charge in [-0.1, -0.05) is 54.6 Å². The van der Waals surface area contributed by atoms with Crippen molar-refractivity contribution >= 4 is 52.8 Å². The van der Waals surface area contributed by atoms with E-state index in [1.54, 1.807) is 83.8 Å². The number of piperazine rings is 1. The Morgan fingerprint density at radius 3 is 1.96 bits per heavy atom. The fourth-order valence-corrected chi connectivity index (χ4v) is 9.65.